The first kappa shape index (κ1) is 16.6. The summed E-state index contributed by atoms with van der Waals surface area (Å²) in [6, 6.07) is 10.1. The van der Waals surface area contributed by atoms with Gasteiger partial charge in [-0.15, -0.1) is 0 Å². The van der Waals surface area contributed by atoms with Crippen LogP contribution in [-0.4, -0.2) is 40.8 Å². The predicted molar refractivity (Wildman–Crippen MR) is 93.3 cm³/mol. The molecule has 128 valence electrons. The summed E-state index contributed by atoms with van der Waals surface area (Å²) in [7, 11) is 1.64. The number of carbonyl (C=O) groups is 1. The topological polar surface area (TPSA) is 47.4 Å². The van der Waals surface area contributed by atoms with E-state index in [-0.39, 0.29) is 11.9 Å². The molecule has 0 aliphatic carbocycles. The van der Waals surface area contributed by atoms with Crippen LogP contribution in [0.1, 0.15) is 35.8 Å². The Morgan fingerprint density at radius 3 is 2.83 bits per heavy atom. The van der Waals surface area contributed by atoms with E-state index in [9.17, 15) is 4.79 Å². The van der Waals surface area contributed by atoms with E-state index >= 15 is 0 Å². The van der Waals surface area contributed by atoms with Gasteiger partial charge >= 0.3 is 0 Å². The molecule has 0 N–H and O–H groups in total. The fourth-order valence-corrected chi connectivity index (χ4v) is 3.52. The Balaban J connectivity index is 1.70. The summed E-state index contributed by atoms with van der Waals surface area (Å²) in [5, 5.41) is 4.60. The van der Waals surface area contributed by atoms with Crippen molar-refractivity contribution in [1.82, 2.24) is 14.7 Å². The second-order valence-electron chi connectivity index (χ2n) is 6.50. The van der Waals surface area contributed by atoms with Gasteiger partial charge in [0.25, 0.3) is 0 Å². The smallest absolute Gasteiger partial charge is 0.227 e. The molecule has 5 heteroatoms. The number of likely N-dealkylation sites (tertiary alicyclic amines) is 1. The van der Waals surface area contributed by atoms with E-state index in [2.05, 4.69) is 22.8 Å². The van der Waals surface area contributed by atoms with Crippen LogP contribution in [0.3, 0.4) is 0 Å². The van der Waals surface area contributed by atoms with Crippen molar-refractivity contribution in [2.75, 3.05) is 20.2 Å². The fourth-order valence-electron chi connectivity index (χ4n) is 3.52. The minimum Gasteiger partial charge on any atom is -0.496 e. The number of ether oxygens (including phenoxy) is 1. The van der Waals surface area contributed by atoms with Crippen molar-refractivity contribution in [3.63, 3.8) is 0 Å². The van der Waals surface area contributed by atoms with Crippen molar-refractivity contribution in [2.24, 2.45) is 0 Å². The average molecular weight is 327 g/mol. The summed E-state index contributed by atoms with van der Waals surface area (Å²) in [6.07, 6.45) is 2.47. The van der Waals surface area contributed by atoms with Crippen molar-refractivity contribution in [3.8, 4) is 5.75 Å². The fraction of sp³-hybridized carbons (Fsp3) is 0.474. The molecule has 1 atom stereocenters. The van der Waals surface area contributed by atoms with Gasteiger partial charge in [0.1, 0.15) is 5.75 Å². The van der Waals surface area contributed by atoms with Gasteiger partial charge in [0, 0.05) is 24.3 Å². The Hall–Kier alpha value is -2.30. The lowest BCUT2D eigenvalue weighted by atomic mass is 10.0. The van der Waals surface area contributed by atoms with E-state index in [0.717, 1.165) is 48.6 Å². The molecule has 1 amide bonds. The Bertz CT molecular complexity index is 723. The summed E-state index contributed by atoms with van der Waals surface area (Å²) in [6.45, 7) is 5.65. The predicted octanol–water partition coefficient (Wildman–Crippen LogP) is 2.91. The molecular weight excluding hydrogens is 302 g/mol. The number of para-hydroxylation sites is 1. The number of piperidine rings is 1. The minimum absolute atomic E-state index is 0.158. The molecule has 2 aromatic rings. The minimum atomic E-state index is 0.158. The highest BCUT2D eigenvalue weighted by Crippen LogP contribution is 2.25. The molecule has 2 heterocycles. The van der Waals surface area contributed by atoms with Gasteiger partial charge in [0.15, 0.2) is 0 Å². The lowest BCUT2D eigenvalue weighted by Gasteiger charge is -2.33. The highest BCUT2D eigenvalue weighted by Gasteiger charge is 2.26. The number of methoxy groups -OCH3 is 1. The second kappa shape index (κ2) is 7.07. The van der Waals surface area contributed by atoms with Crippen LogP contribution in [0.5, 0.6) is 5.75 Å². The lowest BCUT2D eigenvalue weighted by molar-refractivity contribution is -0.132. The maximum atomic E-state index is 12.7. The number of rotatable bonds is 4. The first-order valence-electron chi connectivity index (χ1n) is 8.51. The SMILES string of the molecule is COc1ccccc1CC(=O)N1CCC[C@H](n2nc(C)cc2C)C1. The molecule has 0 bridgehead atoms. The molecule has 1 aliphatic heterocycles. The molecule has 5 nitrogen and oxygen atoms in total. The summed E-state index contributed by atoms with van der Waals surface area (Å²) in [5.41, 5.74) is 3.14. The van der Waals surface area contributed by atoms with E-state index in [1.165, 1.54) is 0 Å². The van der Waals surface area contributed by atoms with Gasteiger partial charge in [-0.25, -0.2) is 0 Å². The van der Waals surface area contributed by atoms with Crippen LogP contribution in [0.4, 0.5) is 0 Å². The maximum Gasteiger partial charge on any atom is 0.227 e. The molecule has 1 saturated heterocycles. The third-order valence-electron chi connectivity index (χ3n) is 4.67. The lowest BCUT2D eigenvalue weighted by Crippen LogP contribution is -2.41. The van der Waals surface area contributed by atoms with Crippen molar-refractivity contribution < 1.29 is 9.53 Å². The van der Waals surface area contributed by atoms with E-state index < -0.39 is 0 Å². The summed E-state index contributed by atoms with van der Waals surface area (Å²) in [4.78, 5) is 14.7. The molecule has 1 aliphatic rings. The van der Waals surface area contributed by atoms with Gasteiger partial charge in [-0.2, -0.15) is 5.10 Å². The summed E-state index contributed by atoms with van der Waals surface area (Å²) < 4.78 is 7.44. The van der Waals surface area contributed by atoms with Crippen molar-refractivity contribution in [2.45, 2.75) is 39.2 Å². The van der Waals surface area contributed by atoms with Crippen LogP contribution in [-0.2, 0) is 11.2 Å². The first-order valence-corrected chi connectivity index (χ1v) is 8.51. The number of amides is 1. The Morgan fingerprint density at radius 1 is 1.33 bits per heavy atom. The van der Waals surface area contributed by atoms with Gasteiger partial charge in [-0.1, -0.05) is 18.2 Å². The Labute approximate surface area is 143 Å². The number of aromatic nitrogens is 2. The maximum absolute atomic E-state index is 12.7. The second-order valence-corrected chi connectivity index (χ2v) is 6.50. The average Bonchev–Trinajstić information content (AvgIpc) is 2.94. The largest absolute Gasteiger partial charge is 0.496 e. The van der Waals surface area contributed by atoms with Gasteiger partial charge in [0.2, 0.25) is 5.91 Å². The van der Waals surface area contributed by atoms with Crippen LogP contribution in [0.25, 0.3) is 0 Å². The zero-order valence-electron chi connectivity index (χ0n) is 14.7. The van der Waals surface area contributed by atoms with Crippen molar-refractivity contribution in [1.29, 1.82) is 0 Å². The van der Waals surface area contributed by atoms with Gasteiger partial charge in [-0.3, -0.25) is 9.48 Å². The van der Waals surface area contributed by atoms with Crippen LogP contribution in [0, 0.1) is 13.8 Å². The zero-order valence-corrected chi connectivity index (χ0v) is 14.7. The molecule has 3 rings (SSSR count). The third kappa shape index (κ3) is 3.45. The molecule has 0 saturated carbocycles. The standard InChI is InChI=1S/C19H25N3O2/c1-14-11-15(2)22(20-14)17-8-6-10-21(13-17)19(23)12-16-7-4-5-9-18(16)24-3/h4-5,7,9,11,17H,6,8,10,12-13H2,1-3H3/t17-/m0/s1. The molecule has 1 fully saturated rings. The third-order valence-corrected chi connectivity index (χ3v) is 4.67. The van der Waals surface area contributed by atoms with Crippen LogP contribution in [0.2, 0.25) is 0 Å². The number of benzene rings is 1. The van der Waals surface area contributed by atoms with Crippen molar-refractivity contribution >= 4 is 5.91 Å². The monoisotopic (exact) mass is 327 g/mol. The summed E-state index contributed by atoms with van der Waals surface area (Å²) >= 11 is 0. The molecule has 1 aromatic carbocycles. The zero-order chi connectivity index (χ0) is 17.1. The quantitative estimate of drug-likeness (QED) is 0.867. The number of aryl methyl sites for hydroxylation is 2. The molecule has 24 heavy (non-hydrogen) atoms. The number of nitrogens with zero attached hydrogens (tertiary/aromatic N) is 3. The normalized spacial score (nSPS) is 17.8. The highest BCUT2D eigenvalue weighted by atomic mass is 16.5. The van der Waals surface area contributed by atoms with E-state index in [4.69, 9.17) is 4.74 Å². The Kier molecular flexibility index (Phi) is 4.88. The molecule has 1 aromatic heterocycles. The van der Waals surface area contributed by atoms with Crippen molar-refractivity contribution in [3.05, 3.63) is 47.3 Å². The van der Waals surface area contributed by atoms with E-state index in [1.807, 2.05) is 36.1 Å². The number of hydrogen-bond acceptors (Lipinski definition) is 3. The van der Waals surface area contributed by atoms with Crippen LogP contribution >= 0.6 is 0 Å². The van der Waals surface area contributed by atoms with Crippen LogP contribution in [0.15, 0.2) is 30.3 Å². The van der Waals surface area contributed by atoms with E-state index in [0.29, 0.717) is 6.42 Å². The van der Waals surface area contributed by atoms with E-state index in [1.54, 1.807) is 7.11 Å². The molecule has 0 unspecified atom stereocenters. The molecule has 0 spiro atoms. The highest BCUT2D eigenvalue weighted by molar-refractivity contribution is 5.79. The molecule has 0 radical (unpaired) electrons. The number of carbonyl (C=O) groups excluding carboxylic acids is 1. The first-order chi connectivity index (χ1) is 11.6. The van der Waals surface area contributed by atoms with Gasteiger partial charge in [0.05, 0.1) is 25.3 Å². The van der Waals surface area contributed by atoms with Gasteiger partial charge in [-0.05, 0) is 38.8 Å². The van der Waals surface area contributed by atoms with Crippen LogP contribution < -0.4 is 4.74 Å². The molecular formula is C19H25N3O2. The summed E-state index contributed by atoms with van der Waals surface area (Å²) in [5.74, 6) is 0.934. The number of hydrogen-bond donors (Lipinski definition) is 0. The van der Waals surface area contributed by atoms with Gasteiger partial charge < -0.3 is 9.64 Å². The Morgan fingerprint density at radius 2 is 2.12 bits per heavy atom.